The zero-order valence-electron chi connectivity index (χ0n) is 22.4. The Balaban J connectivity index is 2.90. The highest BCUT2D eigenvalue weighted by Gasteiger charge is 2.27. The quantitative estimate of drug-likeness (QED) is 0.297. The minimum absolute atomic E-state index is 0.221. The minimum Gasteiger partial charge on any atom is -0.463 e. The van der Waals surface area contributed by atoms with Crippen molar-refractivity contribution in [2.24, 2.45) is 5.92 Å². The largest absolute Gasteiger partial charge is 0.463 e. The number of esters is 1. The zero-order chi connectivity index (χ0) is 27.3. The fraction of sp³-hybridized carbons (Fsp3) is 0.556. The van der Waals surface area contributed by atoms with Crippen molar-refractivity contribution in [3.8, 4) is 0 Å². The van der Waals surface area contributed by atoms with E-state index in [1.165, 1.54) is 6.08 Å². The van der Waals surface area contributed by atoms with Gasteiger partial charge in [-0.1, -0.05) is 50.3 Å². The van der Waals surface area contributed by atoms with Gasteiger partial charge in [-0.25, -0.2) is 9.59 Å². The molecule has 1 aromatic carbocycles. The number of ether oxygens (including phenoxy) is 2. The Morgan fingerprint density at radius 1 is 0.944 bits per heavy atom. The van der Waals surface area contributed by atoms with Gasteiger partial charge in [0.25, 0.3) is 0 Å². The van der Waals surface area contributed by atoms with Gasteiger partial charge in [0.1, 0.15) is 17.7 Å². The second-order valence-corrected chi connectivity index (χ2v) is 9.97. The summed E-state index contributed by atoms with van der Waals surface area (Å²) in [6.07, 6.45) is 2.97. The molecular weight excluding hydrogens is 462 g/mol. The van der Waals surface area contributed by atoms with Gasteiger partial charge in [0.15, 0.2) is 0 Å². The SMILES string of the molecule is CCOC(=O)/C=C/C(CC(C)C)NC(=O)C(C)NC(=O)C(Cc1ccccc1)NC(=O)OC(C)(C)C. The number of carbonyl (C=O) groups excluding carboxylic acids is 4. The Kier molecular flexibility index (Phi) is 12.7. The van der Waals surface area contributed by atoms with Crippen LogP contribution in [-0.4, -0.2) is 54.2 Å². The number of nitrogens with one attached hydrogen (secondary N) is 3. The maximum atomic E-state index is 13.1. The smallest absolute Gasteiger partial charge is 0.408 e. The Morgan fingerprint density at radius 3 is 2.14 bits per heavy atom. The van der Waals surface area contributed by atoms with Gasteiger partial charge >= 0.3 is 12.1 Å². The third-order valence-corrected chi connectivity index (χ3v) is 4.85. The Morgan fingerprint density at radius 2 is 1.58 bits per heavy atom. The molecule has 200 valence electrons. The van der Waals surface area contributed by atoms with E-state index in [1.807, 2.05) is 44.2 Å². The average molecular weight is 504 g/mol. The lowest BCUT2D eigenvalue weighted by Crippen LogP contribution is -2.54. The molecule has 0 aliphatic carbocycles. The molecule has 0 spiro atoms. The number of alkyl carbamates (subject to hydrolysis) is 1. The van der Waals surface area contributed by atoms with Gasteiger partial charge in [0.2, 0.25) is 11.8 Å². The zero-order valence-corrected chi connectivity index (χ0v) is 22.4. The van der Waals surface area contributed by atoms with Crippen LogP contribution in [0.4, 0.5) is 4.79 Å². The van der Waals surface area contributed by atoms with Crippen LogP contribution in [0.3, 0.4) is 0 Å². The summed E-state index contributed by atoms with van der Waals surface area (Å²) >= 11 is 0. The fourth-order valence-electron chi connectivity index (χ4n) is 3.27. The third kappa shape index (κ3) is 12.9. The highest BCUT2D eigenvalue weighted by Crippen LogP contribution is 2.10. The molecule has 3 amide bonds. The standard InChI is InChI=1S/C27H41N3O6/c1-8-35-23(31)15-14-21(16-18(2)3)29-24(32)19(4)28-25(33)22(17-20-12-10-9-11-13-20)30-26(34)36-27(5,6)7/h9-15,18-19,21-22H,8,16-17H2,1-7H3,(H,28,33)(H,29,32)(H,30,34)/b15-14+. The van der Waals surface area contributed by atoms with Crippen LogP contribution < -0.4 is 16.0 Å². The summed E-state index contributed by atoms with van der Waals surface area (Å²) in [5.74, 6) is -1.17. The first kappa shape index (κ1) is 30.7. The van der Waals surface area contributed by atoms with E-state index in [2.05, 4.69) is 16.0 Å². The molecule has 1 aromatic rings. The third-order valence-electron chi connectivity index (χ3n) is 4.85. The first-order valence-corrected chi connectivity index (χ1v) is 12.3. The molecule has 3 atom stereocenters. The molecule has 1 rings (SSSR count). The van der Waals surface area contributed by atoms with E-state index in [0.29, 0.717) is 6.42 Å². The van der Waals surface area contributed by atoms with Crippen molar-refractivity contribution < 1.29 is 28.7 Å². The molecule has 3 unspecified atom stereocenters. The van der Waals surface area contributed by atoms with Crippen molar-refractivity contribution in [2.75, 3.05) is 6.61 Å². The molecule has 0 aliphatic rings. The van der Waals surface area contributed by atoms with E-state index in [-0.39, 0.29) is 18.9 Å². The fourth-order valence-corrected chi connectivity index (χ4v) is 3.27. The van der Waals surface area contributed by atoms with Gasteiger partial charge in [-0.2, -0.15) is 0 Å². The molecule has 0 radical (unpaired) electrons. The van der Waals surface area contributed by atoms with Crippen LogP contribution in [0, 0.1) is 5.92 Å². The summed E-state index contributed by atoms with van der Waals surface area (Å²) in [4.78, 5) is 50.0. The van der Waals surface area contributed by atoms with E-state index in [9.17, 15) is 19.2 Å². The summed E-state index contributed by atoms with van der Waals surface area (Å²) in [5, 5.41) is 8.14. The minimum atomic E-state index is -0.951. The Labute approximate surface area is 214 Å². The van der Waals surface area contributed by atoms with Gasteiger partial charge in [-0.15, -0.1) is 0 Å². The second kappa shape index (κ2) is 14.9. The van der Waals surface area contributed by atoms with Gasteiger partial charge < -0.3 is 25.4 Å². The molecule has 0 heterocycles. The van der Waals surface area contributed by atoms with Crippen LogP contribution >= 0.6 is 0 Å². The lowest BCUT2D eigenvalue weighted by atomic mass is 10.0. The lowest BCUT2D eigenvalue weighted by Gasteiger charge is -2.25. The van der Waals surface area contributed by atoms with Gasteiger partial charge in [-0.05, 0) is 52.5 Å². The number of hydrogen-bond donors (Lipinski definition) is 3. The monoisotopic (exact) mass is 503 g/mol. The second-order valence-electron chi connectivity index (χ2n) is 9.97. The van der Waals surface area contributed by atoms with Crippen molar-refractivity contribution in [1.29, 1.82) is 0 Å². The molecule has 0 bridgehead atoms. The summed E-state index contributed by atoms with van der Waals surface area (Å²) in [7, 11) is 0. The first-order chi connectivity index (χ1) is 16.8. The molecule has 9 nitrogen and oxygen atoms in total. The first-order valence-electron chi connectivity index (χ1n) is 12.3. The van der Waals surface area contributed by atoms with Gasteiger partial charge in [-0.3, -0.25) is 9.59 Å². The molecule has 0 saturated carbocycles. The Bertz CT molecular complexity index is 893. The normalized spacial score (nSPS) is 14.0. The van der Waals surface area contributed by atoms with Crippen molar-refractivity contribution >= 4 is 23.9 Å². The van der Waals surface area contributed by atoms with Gasteiger partial charge in [0.05, 0.1) is 6.61 Å². The van der Waals surface area contributed by atoms with Crippen LogP contribution in [0.25, 0.3) is 0 Å². The van der Waals surface area contributed by atoms with Crippen LogP contribution in [0.1, 0.15) is 60.5 Å². The summed E-state index contributed by atoms with van der Waals surface area (Å²) in [5.41, 5.74) is 0.111. The predicted octanol–water partition coefficient (Wildman–Crippen LogP) is 3.28. The number of rotatable bonds is 12. The lowest BCUT2D eigenvalue weighted by molar-refractivity contribution is -0.137. The average Bonchev–Trinajstić information content (AvgIpc) is 2.76. The van der Waals surface area contributed by atoms with Crippen LogP contribution in [0.5, 0.6) is 0 Å². The number of benzene rings is 1. The van der Waals surface area contributed by atoms with Crippen molar-refractivity contribution in [3.05, 3.63) is 48.0 Å². The maximum absolute atomic E-state index is 13.1. The molecule has 0 aromatic heterocycles. The molecule has 0 fully saturated rings. The van der Waals surface area contributed by atoms with Crippen LogP contribution in [0.15, 0.2) is 42.5 Å². The van der Waals surface area contributed by atoms with E-state index in [0.717, 1.165) is 5.56 Å². The Hall–Kier alpha value is -3.36. The molecule has 3 N–H and O–H groups in total. The molecule has 0 saturated heterocycles. The highest BCUT2D eigenvalue weighted by molar-refractivity contribution is 5.91. The number of carbonyl (C=O) groups is 4. The predicted molar refractivity (Wildman–Crippen MR) is 138 cm³/mol. The molecule has 36 heavy (non-hydrogen) atoms. The molecular formula is C27H41N3O6. The maximum Gasteiger partial charge on any atom is 0.408 e. The van der Waals surface area contributed by atoms with Crippen LogP contribution in [0.2, 0.25) is 0 Å². The number of hydrogen-bond acceptors (Lipinski definition) is 6. The van der Waals surface area contributed by atoms with Crippen molar-refractivity contribution in [1.82, 2.24) is 16.0 Å². The summed E-state index contributed by atoms with van der Waals surface area (Å²) in [6.45, 7) is 12.7. The topological polar surface area (TPSA) is 123 Å². The summed E-state index contributed by atoms with van der Waals surface area (Å²) in [6, 6.07) is 6.98. The van der Waals surface area contributed by atoms with E-state index >= 15 is 0 Å². The molecule has 9 heteroatoms. The van der Waals surface area contributed by atoms with Crippen molar-refractivity contribution in [3.63, 3.8) is 0 Å². The summed E-state index contributed by atoms with van der Waals surface area (Å²) < 4.78 is 10.2. The van der Waals surface area contributed by atoms with Gasteiger partial charge in [0, 0.05) is 18.5 Å². The van der Waals surface area contributed by atoms with Crippen LogP contribution in [-0.2, 0) is 30.3 Å². The van der Waals surface area contributed by atoms with E-state index in [4.69, 9.17) is 9.47 Å². The van der Waals surface area contributed by atoms with Crippen molar-refractivity contribution in [2.45, 2.75) is 85.0 Å². The van der Waals surface area contributed by atoms with E-state index in [1.54, 1.807) is 40.7 Å². The van der Waals surface area contributed by atoms with E-state index < -0.39 is 47.6 Å². The number of amides is 3. The highest BCUT2D eigenvalue weighted by atomic mass is 16.6. The molecule has 0 aliphatic heterocycles.